The molecule has 2 fully saturated rings. The predicted molar refractivity (Wildman–Crippen MR) is 72.8 cm³/mol. The number of nitrogens with one attached hydrogen (secondary N) is 2. The molecule has 1 aliphatic heterocycles. The highest BCUT2D eigenvalue weighted by atomic mass is 16.4. The van der Waals surface area contributed by atoms with E-state index in [0.717, 1.165) is 13.1 Å². The van der Waals surface area contributed by atoms with E-state index in [0.29, 0.717) is 31.4 Å². The first-order valence-corrected chi connectivity index (χ1v) is 7.29. The minimum atomic E-state index is -0.739. The number of aliphatic carboxylic acids is 1. The van der Waals surface area contributed by atoms with Crippen molar-refractivity contribution >= 4 is 11.9 Å². The summed E-state index contributed by atoms with van der Waals surface area (Å²) in [6, 6.07) is 0.314. The van der Waals surface area contributed by atoms with E-state index in [9.17, 15) is 9.59 Å². The summed E-state index contributed by atoms with van der Waals surface area (Å²) in [5.41, 5.74) is 0.322. The van der Waals surface area contributed by atoms with Crippen LogP contribution >= 0.6 is 0 Å². The second-order valence-corrected chi connectivity index (χ2v) is 5.76. The second kappa shape index (κ2) is 5.80. The van der Waals surface area contributed by atoms with Crippen LogP contribution in [-0.4, -0.2) is 51.1 Å². The summed E-state index contributed by atoms with van der Waals surface area (Å²) in [5, 5.41) is 22.9. The number of rotatable bonds is 4. The van der Waals surface area contributed by atoms with Crippen LogP contribution in [0.15, 0.2) is 6.20 Å². The van der Waals surface area contributed by atoms with Gasteiger partial charge in [0.25, 0.3) is 5.91 Å². The van der Waals surface area contributed by atoms with Crippen LogP contribution in [-0.2, 0) is 4.79 Å². The second-order valence-electron chi connectivity index (χ2n) is 5.76. The molecule has 3 rings (SSSR count). The van der Waals surface area contributed by atoms with E-state index in [-0.39, 0.29) is 23.9 Å². The predicted octanol–water partition coefficient (Wildman–Crippen LogP) is -0.204. The Bertz CT molecular complexity index is 532. The topological polar surface area (TPSA) is 109 Å². The van der Waals surface area contributed by atoms with Gasteiger partial charge in [-0.1, -0.05) is 5.21 Å². The van der Waals surface area contributed by atoms with Gasteiger partial charge in [-0.3, -0.25) is 9.59 Å². The van der Waals surface area contributed by atoms with Crippen molar-refractivity contribution in [3.63, 3.8) is 0 Å². The van der Waals surface area contributed by atoms with Gasteiger partial charge in [-0.15, -0.1) is 5.10 Å². The van der Waals surface area contributed by atoms with E-state index >= 15 is 0 Å². The normalized spacial score (nSPS) is 26.1. The number of amides is 1. The number of hydrogen-bond acceptors (Lipinski definition) is 5. The Kier molecular flexibility index (Phi) is 3.87. The first kappa shape index (κ1) is 14.0. The zero-order valence-electron chi connectivity index (χ0n) is 11.7. The molecule has 1 amide bonds. The molecule has 21 heavy (non-hydrogen) atoms. The maximum Gasteiger partial charge on any atom is 0.306 e. The Morgan fingerprint density at radius 3 is 2.57 bits per heavy atom. The number of carboxylic acids is 1. The highest BCUT2D eigenvalue weighted by Crippen LogP contribution is 2.24. The summed E-state index contributed by atoms with van der Waals surface area (Å²) in [6.45, 7) is 1.70. The Balaban J connectivity index is 1.52. The van der Waals surface area contributed by atoms with Crippen LogP contribution in [0.25, 0.3) is 0 Å². The third-order valence-corrected chi connectivity index (χ3v) is 4.29. The van der Waals surface area contributed by atoms with Gasteiger partial charge in [0.05, 0.1) is 18.2 Å². The molecule has 3 N–H and O–H groups in total. The lowest BCUT2D eigenvalue weighted by Crippen LogP contribution is -2.43. The van der Waals surface area contributed by atoms with E-state index < -0.39 is 5.97 Å². The van der Waals surface area contributed by atoms with Crippen LogP contribution < -0.4 is 10.6 Å². The van der Waals surface area contributed by atoms with Gasteiger partial charge in [-0.2, -0.15) is 0 Å². The van der Waals surface area contributed by atoms with E-state index in [1.165, 1.54) is 0 Å². The van der Waals surface area contributed by atoms with Crippen LogP contribution in [0.3, 0.4) is 0 Å². The molecular weight excluding hydrogens is 274 g/mol. The van der Waals surface area contributed by atoms with Crippen LogP contribution in [0.1, 0.15) is 42.2 Å². The summed E-state index contributed by atoms with van der Waals surface area (Å²) < 4.78 is 1.72. The summed E-state index contributed by atoms with van der Waals surface area (Å²) in [4.78, 5) is 23.0. The molecule has 0 spiro atoms. The van der Waals surface area contributed by atoms with E-state index in [2.05, 4.69) is 20.9 Å². The van der Waals surface area contributed by atoms with Crippen molar-refractivity contribution < 1.29 is 14.7 Å². The first-order chi connectivity index (χ1) is 10.1. The van der Waals surface area contributed by atoms with Crippen LogP contribution in [0.4, 0.5) is 0 Å². The first-order valence-electron chi connectivity index (χ1n) is 7.29. The molecule has 0 unspecified atom stereocenters. The fourth-order valence-corrected chi connectivity index (χ4v) is 2.76. The minimum absolute atomic E-state index is 0.0311. The number of nitrogens with zero attached hydrogens (tertiary/aromatic N) is 3. The molecule has 2 aliphatic rings. The fraction of sp³-hybridized carbons (Fsp3) is 0.692. The molecule has 1 aromatic heterocycles. The molecule has 0 atom stereocenters. The summed E-state index contributed by atoms with van der Waals surface area (Å²) >= 11 is 0. The Labute approximate surface area is 121 Å². The third kappa shape index (κ3) is 3.05. The molecule has 1 aliphatic carbocycles. The lowest BCUT2D eigenvalue weighted by Gasteiger charge is -2.26. The molecule has 8 nitrogen and oxygen atoms in total. The monoisotopic (exact) mass is 293 g/mol. The Morgan fingerprint density at radius 2 is 2.00 bits per heavy atom. The van der Waals surface area contributed by atoms with Gasteiger partial charge in [0.2, 0.25) is 0 Å². The van der Waals surface area contributed by atoms with Gasteiger partial charge in [-0.25, -0.2) is 4.68 Å². The zero-order valence-corrected chi connectivity index (χ0v) is 11.7. The third-order valence-electron chi connectivity index (χ3n) is 4.29. The maximum absolute atomic E-state index is 12.1. The van der Waals surface area contributed by atoms with Crippen molar-refractivity contribution in [2.45, 2.75) is 37.8 Å². The van der Waals surface area contributed by atoms with Gasteiger partial charge in [0.15, 0.2) is 5.69 Å². The lowest BCUT2D eigenvalue weighted by atomic mass is 9.86. The van der Waals surface area contributed by atoms with Crippen molar-refractivity contribution in [1.82, 2.24) is 25.6 Å². The highest BCUT2D eigenvalue weighted by Gasteiger charge is 2.28. The molecule has 2 heterocycles. The standard InChI is InChI=1S/C13H19N5O3/c19-12(11-7-18(17-16-11)10-5-14-6-10)15-9-3-1-8(2-4-9)13(20)21/h7-10,14H,1-6H2,(H,15,19)(H,20,21). The maximum atomic E-state index is 12.1. The zero-order chi connectivity index (χ0) is 14.8. The molecular formula is C13H19N5O3. The quantitative estimate of drug-likeness (QED) is 0.709. The smallest absolute Gasteiger partial charge is 0.306 e. The van der Waals surface area contributed by atoms with Gasteiger partial charge in [0.1, 0.15) is 0 Å². The summed E-state index contributed by atoms with van der Waals surface area (Å²) in [5.74, 6) is -1.24. The van der Waals surface area contributed by atoms with Gasteiger partial charge in [-0.05, 0) is 25.7 Å². The van der Waals surface area contributed by atoms with Gasteiger partial charge in [0, 0.05) is 19.1 Å². The fourth-order valence-electron chi connectivity index (χ4n) is 2.76. The Hall–Kier alpha value is -1.96. The SMILES string of the molecule is O=C(NC1CCC(C(=O)O)CC1)c1cn(C2CNC2)nn1. The lowest BCUT2D eigenvalue weighted by molar-refractivity contribution is -0.142. The molecule has 0 bridgehead atoms. The molecule has 114 valence electrons. The van der Waals surface area contributed by atoms with Crippen molar-refractivity contribution in [3.05, 3.63) is 11.9 Å². The van der Waals surface area contributed by atoms with Crippen molar-refractivity contribution in [1.29, 1.82) is 0 Å². The average molecular weight is 293 g/mol. The molecule has 0 aromatic carbocycles. The van der Waals surface area contributed by atoms with E-state index in [1.807, 2.05) is 0 Å². The average Bonchev–Trinajstić information content (AvgIpc) is 2.86. The summed E-state index contributed by atoms with van der Waals surface area (Å²) in [6.07, 6.45) is 4.29. The largest absolute Gasteiger partial charge is 0.481 e. The van der Waals surface area contributed by atoms with Crippen molar-refractivity contribution in [3.8, 4) is 0 Å². The Morgan fingerprint density at radius 1 is 1.29 bits per heavy atom. The van der Waals surface area contributed by atoms with Crippen molar-refractivity contribution in [2.75, 3.05) is 13.1 Å². The molecule has 1 saturated heterocycles. The number of carboxylic acid groups (broad SMARTS) is 1. The van der Waals surface area contributed by atoms with Gasteiger partial charge < -0.3 is 15.7 Å². The number of hydrogen-bond donors (Lipinski definition) is 3. The van der Waals surface area contributed by atoms with Gasteiger partial charge >= 0.3 is 5.97 Å². The number of carbonyl (C=O) groups excluding carboxylic acids is 1. The van der Waals surface area contributed by atoms with Crippen LogP contribution in [0.5, 0.6) is 0 Å². The molecule has 8 heteroatoms. The van der Waals surface area contributed by atoms with E-state index in [4.69, 9.17) is 5.11 Å². The van der Waals surface area contributed by atoms with Crippen molar-refractivity contribution in [2.24, 2.45) is 5.92 Å². The highest BCUT2D eigenvalue weighted by molar-refractivity contribution is 5.92. The van der Waals surface area contributed by atoms with E-state index in [1.54, 1.807) is 10.9 Å². The molecule has 1 aromatic rings. The summed E-state index contributed by atoms with van der Waals surface area (Å²) in [7, 11) is 0. The van der Waals surface area contributed by atoms with Crippen LogP contribution in [0, 0.1) is 5.92 Å². The number of aromatic nitrogens is 3. The minimum Gasteiger partial charge on any atom is -0.481 e. The number of carbonyl (C=O) groups is 2. The molecule has 1 saturated carbocycles. The molecule has 0 radical (unpaired) electrons. The van der Waals surface area contributed by atoms with Crippen LogP contribution in [0.2, 0.25) is 0 Å².